The minimum atomic E-state index is -4.68. The van der Waals surface area contributed by atoms with E-state index in [1.54, 1.807) is 0 Å². The maximum absolute atomic E-state index is 12.5. The summed E-state index contributed by atoms with van der Waals surface area (Å²) in [7, 11) is 0. The van der Waals surface area contributed by atoms with Crippen LogP contribution in [0.3, 0.4) is 0 Å². The molecule has 0 atom stereocenters. The molecule has 0 heterocycles. The zero-order chi connectivity index (χ0) is 11.8. The van der Waals surface area contributed by atoms with Crippen LogP contribution < -0.4 is 5.73 Å². The molecule has 0 spiro atoms. The molecule has 7 heteroatoms. The van der Waals surface area contributed by atoms with Gasteiger partial charge in [0.05, 0.1) is 10.5 Å². The van der Waals surface area contributed by atoms with Crippen LogP contribution in [0.25, 0.3) is 0 Å². The molecule has 0 radical (unpaired) electrons. The Labute approximate surface area is 82.7 Å². The van der Waals surface area contributed by atoms with E-state index in [0.717, 1.165) is 19.1 Å². The van der Waals surface area contributed by atoms with Crippen molar-refractivity contribution in [3.8, 4) is 0 Å². The van der Waals surface area contributed by atoms with Gasteiger partial charge < -0.3 is 5.73 Å². The largest absolute Gasteiger partial charge is 0.418 e. The second kappa shape index (κ2) is 3.41. The predicted molar refractivity (Wildman–Crippen MR) is 47.2 cm³/mol. The number of nitrogens with two attached hydrogens (primary N) is 1. The summed E-state index contributed by atoms with van der Waals surface area (Å²) in [6, 6.07) is 1.84. The lowest BCUT2D eigenvalue weighted by Crippen LogP contribution is -2.12. The van der Waals surface area contributed by atoms with Crippen molar-refractivity contribution in [2.24, 2.45) is 0 Å². The highest BCUT2D eigenvalue weighted by molar-refractivity contribution is 5.59. The maximum Gasteiger partial charge on any atom is 0.418 e. The van der Waals surface area contributed by atoms with Gasteiger partial charge in [-0.25, -0.2) is 0 Å². The third kappa shape index (κ3) is 2.00. The van der Waals surface area contributed by atoms with Gasteiger partial charge in [0.25, 0.3) is 5.69 Å². The topological polar surface area (TPSA) is 69.2 Å². The van der Waals surface area contributed by atoms with Gasteiger partial charge in [-0.2, -0.15) is 13.2 Å². The Morgan fingerprint density at radius 3 is 2.33 bits per heavy atom. The standard InChI is InChI=1S/C8H7F3N2O2/c1-4-6(13(14)15)3-2-5(12)7(4)8(9,10)11/h2-3H,12H2,1H3. The average Bonchev–Trinajstić information content (AvgIpc) is 2.00. The molecule has 0 amide bonds. The SMILES string of the molecule is Cc1c([N+](=O)[O-])ccc(N)c1C(F)(F)F. The van der Waals surface area contributed by atoms with Crippen LogP contribution >= 0.6 is 0 Å². The van der Waals surface area contributed by atoms with Crippen LogP contribution in [-0.2, 0) is 6.18 Å². The molecule has 15 heavy (non-hydrogen) atoms. The Hall–Kier alpha value is -1.79. The van der Waals surface area contributed by atoms with Gasteiger partial charge >= 0.3 is 6.18 Å². The fraction of sp³-hybridized carbons (Fsp3) is 0.250. The second-order valence-corrected chi connectivity index (χ2v) is 2.93. The Morgan fingerprint density at radius 1 is 1.40 bits per heavy atom. The molecule has 1 aromatic carbocycles. The molecule has 1 rings (SSSR count). The Morgan fingerprint density at radius 2 is 1.93 bits per heavy atom. The smallest absolute Gasteiger partial charge is 0.398 e. The van der Waals surface area contributed by atoms with E-state index < -0.39 is 33.6 Å². The highest BCUT2D eigenvalue weighted by Gasteiger charge is 2.37. The minimum absolute atomic E-state index is 0.465. The van der Waals surface area contributed by atoms with Crippen LogP contribution in [0.5, 0.6) is 0 Å². The highest BCUT2D eigenvalue weighted by Crippen LogP contribution is 2.39. The number of alkyl halides is 3. The van der Waals surface area contributed by atoms with E-state index in [2.05, 4.69) is 0 Å². The Balaban J connectivity index is 3.51. The monoisotopic (exact) mass is 220 g/mol. The third-order valence-electron chi connectivity index (χ3n) is 1.95. The van der Waals surface area contributed by atoms with Gasteiger partial charge in [0, 0.05) is 17.3 Å². The maximum atomic E-state index is 12.5. The normalized spacial score (nSPS) is 11.5. The number of nitrogen functional groups attached to an aromatic ring is 1. The van der Waals surface area contributed by atoms with Crippen molar-refractivity contribution >= 4 is 11.4 Å². The first-order valence-corrected chi connectivity index (χ1v) is 3.86. The molecule has 0 unspecified atom stereocenters. The molecule has 1 aromatic rings. The van der Waals surface area contributed by atoms with Crippen molar-refractivity contribution in [1.29, 1.82) is 0 Å². The third-order valence-corrected chi connectivity index (χ3v) is 1.95. The number of nitrogens with zero attached hydrogens (tertiary/aromatic N) is 1. The molecule has 0 aliphatic carbocycles. The summed E-state index contributed by atoms with van der Waals surface area (Å²) in [4.78, 5) is 9.54. The number of hydrogen-bond acceptors (Lipinski definition) is 3. The summed E-state index contributed by atoms with van der Waals surface area (Å²) in [5.74, 6) is 0. The van der Waals surface area contributed by atoms with E-state index in [4.69, 9.17) is 5.73 Å². The number of nitro benzene ring substituents is 1. The zero-order valence-corrected chi connectivity index (χ0v) is 7.63. The lowest BCUT2D eigenvalue weighted by molar-refractivity contribution is -0.385. The number of hydrogen-bond donors (Lipinski definition) is 1. The molecular weight excluding hydrogens is 213 g/mol. The van der Waals surface area contributed by atoms with Crippen molar-refractivity contribution < 1.29 is 18.1 Å². The van der Waals surface area contributed by atoms with Gasteiger partial charge in [-0.3, -0.25) is 10.1 Å². The van der Waals surface area contributed by atoms with Gasteiger partial charge in [-0.15, -0.1) is 0 Å². The predicted octanol–water partition coefficient (Wildman–Crippen LogP) is 2.50. The summed E-state index contributed by atoms with van der Waals surface area (Å²) >= 11 is 0. The van der Waals surface area contributed by atoms with E-state index >= 15 is 0 Å². The van der Waals surface area contributed by atoms with Crippen LogP contribution in [0, 0.1) is 17.0 Å². The molecule has 0 aromatic heterocycles. The van der Waals surface area contributed by atoms with E-state index in [0.29, 0.717) is 0 Å². The van der Waals surface area contributed by atoms with Crippen LogP contribution in [0.2, 0.25) is 0 Å². The van der Waals surface area contributed by atoms with Crippen molar-refractivity contribution in [3.05, 3.63) is 33.4 Å². The summed E-state index contributed by atoms with van der Waals surface area (Å²) in [6.45, 7) is 1.03. The molecule has 0 aliphatic heterocycles. The first-order valence-electron chi connectivity index (χ1n) is 3.86. The number of benzene rings is 1. The first-order chi connectivity index (χ1) is 6.75. The van der Waals surface area contributed by atoms with Crippen LogP contribution in [-0.4, -0.2) is 4.92 Å². The molecular formula is C8H7F3N2O2. The first kappa shape index (κ1) is 11.3. The van der Waals surface area contributed by atoms with E-state index in [9.17, 15) is 23.3 Å². The summed E-state index contributed by atoms with van der Waals surface area (Å²) in [6.07, 6.45) is -4.68. The van der Waals surface area contributed by atoms with Crippen molar-refractivity contribution in [1.82, 2.24) is 0 Å². The lowest BCUT2D eigenvalue weighted by atomic mass is 10.0. The van der Waals surface area contributed by atoms with Crippen molar-refractivity contribution in [2.75, 3.05) is 5.73 Å². The van der Waals surface area contributed by atoms with Gasteiger partial charge in [0.1, 0.15) is 0 Å². The van der Waals surface area contributed by atoms with Crippen LogP contribution in [0.4, 0.5) is 24.5 Å². The Kier molecular flexibility index (Phi) is 2.57. The number of halogens is 3. The second-order valence-electron chi connectivity index (χ2n) is 2.93. The summed E-state index contributed by atoms with van der Waals surface area (Å²) < 4.78 is 37.4. The number of nitro groups is 1. The number of anilines is 1. The molecule has 0 saturated carbocycles. The van der Waals surface area contributed by atoms with Crippen LogP contribution in [0.15, 0.2) is 12.1 Å². The molecule has 2 N–H and O–H groups in total. The van der Waals surface area contributed by atoms with Gasteiger partial charge in [0.15, 0.2) is 0 Å². The highest BCUT2D eigenvalue weighted by atomic mass is 19.4. The molecule has 4 nitrogen and oxygen atoms in total. The molecule has 0 saturated heterocycles. The van der Waals surface area contributed by atoms with Gasteiger partial charge in [-0.05, 0) is 13.0 Å². The molecule has 0 fully saturated rings. The fourth-order valence-corrected chi connectivity index (χ4v) is 1.30. The molecule has 82 valence electrons. The molecule has 0 bridgehead atoms. The summed E-state index contributed by atoms with van der Waals surface area (Å²) in [5.41, 5.74) is 2.43. The van der Waals surface area contributed by atoms with Gasteiger partial charge in [0.2, 0.25) is 0 Å². The average molecular weight is 220 g/mol. The van der Waals surface area contributed by atoms with E-state index in [1.165, 1.54) is 0 Å². The van der Waals surface area contributed by atoms with E-state index in [-0.39, 0.29) is 0 Å². The quantitative estimate of drug-likeness (QED) is 0.449. The van der Waals surface area contributed by atoms with Crippen molar-refractivity contribution in [2.45, 2.75) is 13.1 Å². The van der Waals surface area contributed by atoms with Gasteiger partial charge in [-0.1, -0.05) is 0 Å². The van der Waals surface area contributed by atoms with Crippen LogP contribution in [0.1, 0.15) is 11.1 Å². The zero-order valence-electron chi connectivity index (χ0n) is 7.63. The fourth-order valence-electron chi connectivity index (χ4n) is 1.30. The van der Waals surface area contributed by atoms with Crippen molar-refractivity contribution in [3.63, 3.8) is 0 Å². The number of rotatable bonds is 1. The summed E-state index contributed by atoms with van der Waals surface area (Å²) in [5, 5.41) is 10.4. The minimum Gasteiger partial charge on any atom is -0.398 e. The lowest BCUT2D eigenvalue weighted by Gasteiger charge is -2.12. The molecule has 0 aliphatic rings. The Bertz CT molecular complexity index is 415. The van der Waals surface area contributed by atoms with E-state index in [1.807, 2.05) is 0 Å².